The van der Waals surface area contributed by atoms with Crippen LogP contribution in [0.5, 0.6) is 0 Å². The largest absolute Gasteiger partial charge is 0.481 e. The minimum Gasteiger partial charge on any atom is -0.481 e. The standard InChI is InChI=1S/C41H52N2O6/c1-27-35(23-43-26-41(4)21-34(43)20-40(2,3)25-41)48-39(49-38(27)31-13-11-28(24-44)12-14-31)32-17-15-30(16-18-32)33-8-5-7-29(19-33)22-42-36(45)9-6-10-37(46)47/h5,7-8,11-19,27,34-35,38-39,44H,6,9-10,20-26H2,1-4H3,(H,42,45)(H,46,47)/t27-,34?,35+,38+,39+,41?/m0/s1. The van der Waals surface area contributed by atoms with Gasteiger partial charge in [0.25, 0.3) is 0 Å². The van der Waals surface area contributed by atoms with Gasteiger partial charge in [0.1, 0.15) is 0 Å². The summed E-state index contributed by atoms with van der Waals surface area (Å²) in [6.45, 7) is 11.9. The normalized spacial score (nSPS) is 27.9. The zero-order valence-corrected chi connectivity index (χ0v) is 29.4. The zero-order valence-electron chi connectivity index (χ0n) is 29.4. The van der Waals surface area contributed by atoms with Crippen LogP contribution < -0.4 is 5.32 Å². The number of fused-ring (bicyclic) bond motifs is 2. The lowest BCUT2D eigenvalue weighted by Crippen LogP contribution is -2.46. The molecular weight excluding hydrogens is 616 g/mol. The first-order valence-electron chi connectivity index (χ1n) is 17.8. The van der Waals surface area contributed by atoms with Crippen LogP contribution in [-0.2, 0) is 32.2 Å². The molecule has 6 rings (SSSR count). The third kappa shape index (κ3) is 8.61. The molecule has 1 amide bonds. The van der Waals surface area contributed by atoms with E-state index in [1.54, 1.807) is 0 Å². The molecule has 0 spiro atoms. The van der Waals surface area contributed by atoms with Gasteiger partial charge in [-0.15, -0.1) is 0 Å². The van der Waals surface area contributed by atoms with Crippen molar-refractivity contribution in [3.63, 3.8) is 0 Å². The van der Waals surface area contributed by atoms with Gasteiger partial charge in [-0.3, -0.25) is 14.5 Å². The molecule has 262 valence electrons. The number of amides is 1. The molecule has 3 fully saturated rings. The van der Waals surface area contributed by atoms with Crippen LogP contribution in [0.2, 0.25) is 0 Å². The number of carboxylic acid groups (broad SMARTS) is 1. The van der Waals surface area contributed by atoms with Crippen LogP contribution in [0.4, 0.5) is 0 Å². The van der Waals surface area contributed by atoms with E-state index in [4.69, 9.17) is 14.6 Å². The molecule has 1 saturated carbocycles. The molecule has 3 aromatic rings. The summed E-state index contributed by atoms with van der Waals surface area (Å²) in [4.78, 5) is 25.6. The summed E-state index contributed by atoms with van der Waals surface area (Å²) in [6.07, 6.45) is 3.57. The molecule has 0 radical (unpaired) electrons. The van der Waals surface area contributed by atoms with E-state index in [9.17, 15) is 14.7 Å². The lowest BCUT2D eigenvalue weighted by atomic mass is 9.65. The van der Waals surface area contributed by atoms with Crippen molar-refractivity contribution in [3.8, 4) is 11.1 Å². The summed E-state index contributed by atoms with van der Waals surface area (Å²) in [5.41, 5.74) is 6.72. The van der Waals surface area contributed by atoms with E-state index in [1.807, 2.05) is 24.3 Å². The van der Waals surface area contributed by atoms with Gasteiger partial charge in [0, 0.05) is 50.0 Å². The zero-order chi connectivity index (χ0) is 34.8. The van der Waals surface area contributed by atoms with Crippen molar-refractivity contribution in [2.24, 2.45) is 16.7 Å². The molecule has 2 heterocycles. The van der Waals surface area contributed by atoms with Gasteiger partial charge < -0.3 is 25.0 Å². The van der Waals surface area contributed by atoms with Gasteiger partial charge in [-0.1, -0.05) is 94.4 Å². The Bertz CT molecular complexity index is 1600. The van der Waals surface area contributed by atoms with E-state index in [0.29, 0.717) is 29.8 Å². The van der Waals surface area contributed by atoms with E-state index in [0.717, 1.165) is 46.5 Å². The highest BCUT2D eigenvalue weighted by molar-refractivity contribution is 5.76. The molecule has 3 aromatic carbocycles. The third-order valence-electron chi connectivity index (χ3n) is 10.8. The number of nitrogens with one attached hydrogen (secondary N) is 1. The van der Waals surface area contributed by atoms with Crippen LogP contribution in [0.15, 0.2) is 72.8 Å². The number of benzene rings is 3. The Labute approximate surface area is 290 Å². The maximum absolute atomic E-state index is 12.2. The minimum atomic E-state index is -0.890. The van der Waals surface area contributed by atoms with Crippen molar-refractivity contribution in [2.45, 2.75) is 104 Å². The van der Waals surface area contributed by atoms with Crippen molar-refractivity contribution in [3.05, 3.63) is 95.1 Å². The van der Waals surface area contributed by atoms with Crippen molar-refractivity contribution < 1.29 is 29.3 Å². The molecule has 49 heavy (non-hydrogen) atoms. The van der Waals surface area contributed by atoms with E-state index >= 15 is 0 Å². The fraction of sp³-hybridized carbons (Fsp3) is 0.512. The van der Waals surface area contributed by atoms with Crippen LogP contribution >= 0.6 is 0 Å². The van der Waals surface area contributed by atoms with Gasteiger partial charge in [0.2, 0.25) is 5.91 Å². The Kier molecular flexibility index (Phi) is 10.6. The predicted octanol–water partition coefficient (Wildman–Crippen LogP) is 7.41. The number of likely N-dealkylation sites (tertiary alicyclic amines) is 1. The fourth-order valence-electron chi connectivity index (χ4n) is 8.73. The Balaban J connectivity index is 1.17. The first kappa shape index (κ1) is 35.3. The average Bonchev–Trinajstić information content (AvgIpc) is 3.31. The maximum atomic E-state index is 12.2. The Hall–Kier alpha value is -3.56. The molecule has 3 aliphatic rings. The van der Waals surface area contributed by atoms with Gasteiger partial charge in [-0.2, -0.15) is 0 Å². The van der Waals surface area contributed by atoms with Gasteiger partial charge >= 0.3 is 5.97 Å². The van der Waals surface area contributed by atoms with Crippen LogP contribution in [-0.4, -0.2) is 52.2 Å². The SMILES string of the molecule is C[C@H]1[C@@H](CN2CC3(C)CC2CC(C)(C)C3)O[C@@H](c2ccc(-c3cccc(CNC(=O)CCCC(=O)O)c3)cc2)O[C@H]1c1ccc(CO)cc1. The minimum absolute atomic E-state index is 0.00914. The first-order valence-corrected chi connectivity index (χ1v) is 17.8. The number of rotatable bonds is 12. The van der Waals surface area contributed by atoms with Crippen molar-refractivity contribution >= 4 is 11.9 Å². The lowest BCUT2D eigenvalue weighted by molar-refractivity contribution is -0.276. The molecule has 0 aromatic heterocycles. The highest BCUT2D eigenvalue weighted by Gasteiger charge is 2.51. The molecule has 6 atom stereocenters. The summed E-state index contributed by atoms with van der Waals surface area (Å²) < 4.78 is 13.6. The molecule has 8 heteroatoms. The third-order valence-corrected chi connectivity index (χ3v) is 10.8. The summed E-state index contributed by atoms with van der Waals surface area (Å²) in [5.74, 6) is -0.902. The quantitative estimate of drug-likeness (QED) is 0.185. The number of carbonyl (C=O) groups is 2. The fourth-order valence-corrected chi connectivity index (χ4v) is 8.73. The molecule has 8 nitrogen and oxygen atoms in total. The molecule has 2 saturated heterocycles. The van der Waals surface area contributed by atoms with Crippen LogP contribution in [0, 0.1) is 16.7 Å². The smallest absolute Gasteiger partial charge is 0.303 e. The molecule has 2 aliphatic heterocycles. The summed E-state index contributed by atoms with van der Waals surface area (Å²) in [5, 5.41) is 21.3. The van der Waals surface area contributed by atoms with Gasteiger partial charge in [-0.05, 0) is 70.4 Å². The topological polar surface area (TPSA) is 108 Å². The summed E-state index contributed by atoms with van der Waals surface area (Å²) in [7, 11) is 0. The number of aliphatic hydroxyl groups is 1. The van der Waals surface area contributed by atoms with E-state index in [2.05, 4.69) is 86.4 Å². The van der Waals surface area contributed by atoms with E-state index in [-0.39, 0.29) is 43.5 Å². The number of nitrogens with zero attached hydrogens (tertiary/aromatic N) is 1. The van der Waals surface area contributed by atoms with Gasteiger partial charge in [-0.25, -0.2) is 0 Å². The number of carboxylic acids is 1. The second-order valence-electron chi connectivity index (χ2n) is 15.8. The van der Waals surface area contributed by atoms with Crippen molar-refractivity contribution in [1.82, 2.24) is 10.2 Å². The van der Waals surface area contributed by atoms with E-state index in [1.165, 1.54) is 19.3 Å². The molecule has 3 N–H and O–H groups in total. The molecular formula is C41H52N2O6. The van der Waals surface area contributed by atoms with Crippen molar-refractivity contribution in [1.29, 1.82) is 0 Å². The maximum Gasteiger partial charge on any atom is 0.303 e. The van der Waals surface area contributed by atoms with Crippen LogP contribution in [0.3, 0.4) is 0 Å². The molecule has 2 bridgehead atoms. The monoisotopic (exact) mass is 668 g/mol. The lowest BCUT2D eigenvalue weighted by Gasteiger charge is -2.43. The summed E-state index contributed by atoms with van der Waals surface area (Å²) >= 11 is 0. The second kappa shape index (κ2) is 14.7. The molecule has 2 unspecified atom stereocenters. The van der Waals surface area contributed by atoms with Crippen molar-refractivity contribution in [2.75, 3.05) is 13.1 Å². The molecule has 1 aliphatic carbocycles. The number of hydrogen-bond donors (Lipinski definition) is 3. The first-order chi connectivity index (χ1) is 23.4. The highest BCUT2D eigenvalue weighted by atomic mass is 16.7. The number of aliphatic carboxylic acids is 1. The van der Waals surface area contributed by atoms with E-state index < -0.39 is 12.3 Å². The average molecular weight is 669 g/mol. The number of aliphatic hydroxyl groups excluding tert-OH is 1. The Morgan fingerprint density at radius 2 is 1.63 bits per heavy atom. The predicted molar refractivity (Wildman–Crippen MR) is 189 cm³/mol. The van der Waals surface area contributed by atoms with Crippen LogP contribution in [0.25, 0.3) is 11.1 Å². The van der Waals surface area contributed by atoms with Crippen LogP contribution in [0.1, 0.15) is 101 Å². The number of carbonyl (C=O) groups excluding carboxylic acids is 1. The Morgan fingerprint density at radius 3 is 2.35 bits per heavy atom. The number of hydrogen-bond acceptors (Lipinski definition) is 6. The Morgan fingerprint density at radius 1 is 0.898 bits per heavy atom. The summed E-state index contributed by atoms with van der Waals surface area (Å²) in [6, 6.07) is 25.1. The van der Waals surface area contributed by atoms with Gasteiger partial charge in [0.15, 0.2) is 6.29 Å². The highest BCUT2D eigenvalue weighted by Crippen LogP contribution is 2.53. The second-order valence-corrected chi connectivity index (χ2v) is 15.8. The number of ether oxygens (including phenoxy) is 2. The van der Waals surface area contributed by atoms with Gasteiger partial charge in [0.05, 0.1) is 18.8 Å².